The molecule has 4 aliphatic rings. The van der Waals surface area contributed by atoms with Gasteiger partial charge in [-0.2, -0.15) is 26.3 Å². The molecule has 0 fully saturated rings. The van der Waals surface area contributed by atoms with Crippen molar-refractivity contribution >= 4 is 23.8 Å². The number of hydrogen-bond acceptors (Lipinski definition) is 0. The number of aryl methyl sites for hydroxylation is 4. The summed E-state index contributed by atoms with van der Waals surface area (Å²) in [5.41, 5.74) is 3.06. The summed E-state index contributed by atoms with van der Waals surface area (Å²) < 4.78 is 79.6. The van der Waals surface area contributed by atoms with Crippen molar-refractivity contribution in [3.05, 3.63) is 124 Å². The van der Waals surface area contributed by atoms with Crippen LogP contribution in [0.4, 0.5) is 26.3 Å². The number of hydrogen-bond donors (Lipinski definition) is 0. The summed E-state index contributed by atoms with van der Waals surface area (Å²) >= 11 is 0. The van der Waals surface area contributed by atoms with E-state index in [0.29, 0.717) is 10.6 Å². The minimum absolute atomic E-state index is 0.664. The Balaban J connectivity index is 1.63. The van der Waals surface area contributed by atoms with Gasteiger partial charge in [-0.15, -0.1) is 0 Å². The Hall–Kier alpha value is -3.11. The fourth-order valence-corrected chi connectivity index (χ4v) is 7.17. The van der Waals surface area contributed by atoms with Gasteiger partial charge in [-0.1, -0.05) is 66.7 Å². The molecule has 0 saturated carbocycles. The van der Waals surface area contributed by atoms with Gasteiger partial charge in [0.2, 0.25) is 0 Å². The second-order valence-corrected chi connectivity index (χ2v) is 11.4. The molecule has 0 atom stereocenters. The van der Waals surface area contributed by atoms with Crippen LogP contribution in [0.2, 0.25) is 0 Å². The molecule has 0 N–H and O–H groups in total. The second-order valence-electron chi connectivity index (χ2n) is 9.20. The Labute approximate surface area is 212 Å². The molecule has 4 bridgehead atoms. The van der Waals surface area contributed by atoms with Crippen LogP contribution >= 0.6 is 7.92 Å². The van der Waals surface area contributed by atoms with Crippen LogP contribution < -0.4 is 15.9 Å². The number of benzene rings is 4. The van der Waals surface area contributed by atoms with E-state index in [1.54, 1.807) is 0 Å². The van der Waals surface area contributed by atoms with E-state index >= 15 is 0 Å². The van der Waals surface area contributed by atoms with Crippen LogP contribution in [0.5, 0.6) is 0 Å². The molecule has 4 aromatic carbocycles. The Morgan fingerprint density at radius 2 is 0.865 bits per heavy atom. The molecule has 4 aliphatic carbocycles. The number of halogens is 6. The lowest BCUT2D eigenvalue weighted by Gasteiger charge is -2.24. The summed E-state index contributed by atoms with van der Waals surface area (Å²) in [6.07, 6.45) is -5.80. The van der Waals surface area contributed by atoms with Crippen LogP contribution in [0.3, 0.4) is 0 Å². The van der Waals surface area contributed by atoms with Gasteiger partial charge in [-0.25, -0.2) is 0 Å². The van der Waals surface area contributed by atoms with E-state index in [1.165, 1.54) is 35.4 Å². The standard InChI is InChI=1S/C30H23F6P/c31-29(32,33)24-11-15-26(16-12-24)37(27-17-13-25(14-18-27)30(34,35)36)28-19-22-6-5-20-1-3-21(4-2-20)7-9-23(28)10-8-22/h1-4,8,10-19H,5-7,9H2. The lowest BCUT2D eigenvalue weighted by molar-refractivity contribution is -0.138. The first-order valence-corrected chi connectivity index (χ1v) is 13.3. The minimum atomic E-state index is -4.47. The monoisotopic (exact) mass is 528 g/mol. The van der Waals surface area contributed by atoms with E-state index in [2.05, 4.69) is 42.5 Å². The third kappa shape index (κ3) is 5.75. The van der Waals surface area contributed by atoms with E-state index < -0.39 is 31.4 Å². The highest BCUT2D eigenvalue weighted by atomic mass is 31.1. The van der Waals surface area contributed by atoms with Crippen molar-refractivity contribution in [1.82, 2.24) is 0 Å². The van der Waals surface area contributed by atoms with E-state index in [-0.39, 0.29) is 0 Å². The summed E-state index contributed by atoms with van der Waals surface area (Å²) in [5.74, 6) is 0. The largest absolute Gasteiger partial charge is 0.416 e. The fourth-order valence-electron chi connectivity index (χ4n) is 4.65. The lowest BCUT2D eigenvalue weighted by Crippen LogP contribution is -2.25. The van der Waals surface area contributed by atoms with Crippen molar-refractivity contribution in [3.8, 4) is 0 Å². The van der Waals surface area contributed by atoms with Gasteiger partial charge in [0, 0.05) is 0 Å². The lowest BCUT2D eigenvalue weighted by atomic mass is 9.97. The SMILES string of the molecule is FC(F)(F)c1ccc(P(c2ccc(C(F)(F)F)cc2)c2cc3ccc2CCc2ccc(cc2)CC3)cc1. The highest BCUT2D eigenvalue weighted by molar-refractivity contribution is 7.79. The number of alkyl halides is 6. The van der Waals surface area contributed by atoms with Crippen LogP contribution in [0.25, 0.3) is 0 Å². The fraction of sp³-hybridized carbons (Fsp3) is 0.200. The van der Waals surface area contributed by atoms with Gasteiger partial charge in [-0.3, -0.25) is 0 Å². The maximum absolute atomic E-state index is 13.3. The van der Waals surface area contributed by atoms with Gasteiger partial charge in [0.25, 0.3) is 0 Å². The predicted molar refractivity (Wildman–Crippen MR) is 136 cm³/mol. The molecule has 7 heteroatoms. The van der Waals surface area contributed by atoms with Crippen LogP contribution in [0.1, 0.15) is 33.4 Å². The van der Waals surface area contributed by atoms with Gasteiger partial charge >= 0.3 is 12.4 Å². The van der Waals surface area contributed by atoms with Crippen molar-refractivity contribution < 1.29 is 26.3 Å². The average molecular weight is 528 g/mol. The van der Waals surface area contributed by atoms with E-state index in [9.17, 15) is 26.3 Å². The molecular formula is C30H23F6P. The molecule has 0 saturated heterocycles. The summed E-state index contributed by atoms with van der Waals surface area (Å²) in [6, 6.07) is 24.8. The summed E-state index contributed by atoms with van der Waals surface area (Å²) in [4.78, 5) is 0. The molecule has 190 valence electrons. The molecule has 37 heavy (non-hydrogen) atoms. The van der Waals surface area contributed by atoms with Crippen LogP contribution in [-0.2, 0) is 38.0 Å². The number of rotatable bonds is 3. The topological polar surface area (TPSA) is 0 Å². The zero-order valence-electron chi connectivity index (χ0n) is 19.7. The van der Waals surface area contributed by atoms with Crippen molar-refractivity contribution in [1.29, 1.82) is 0 Å². The smallest absolute Gasteiger partial charge is 0.166 e. The van der Waals surface area contributed by atoms with Gasteiger partial charge in [0.1, 0.15) is 0 Å². The first kappa shape index (κ1) is 25.5. The molecule has 0 aromatic heterocycles. The first-order valence-electron chi connectivity index (χ1n) is 11.9. The molecule has 0 heterocycles. The van der Waals surface area contributed by atoms with Gasteiger partial charge in [-0.05, 0) is 96.0 Å². The van der Waals surface area contributed by atoms with Crippen molar-refractivity contribution in [2.75, 3.05) is 0 Å². The quantitative estimate of drug-likeness (QED) is 0.193. The average Bonchev–Trinajstić information content (AvgIpc) is 2.86. The highest BCUT2D eigenvalue weighted by Gasteiger charge is 2.32. The Kier molecular flexibility index (Phi) is 6.89. The van der Waals surface area contributed by atoms with Gasteiger partial charge in [0.05, 0.1) is 11.1 Å². The highest BCUT2D eigenvalue weighted by Crippen LogP contribution is 2.38. The Morgan fingerprint density at radius 3 is 1.32 bits per heavy atom. The van der Waals surface area contributed by atoms with Crippen molar-refractivity contribution in [2.45, 2.75) is 38.0 Å². The molecule has 0 unspecified atom stereocenters. The van der Waals surface area contributed by atoms with Gasteiger partial charge in [0.15, 0.2) is 0 Å². The third-order valence-corrected chi connectivity index (χ3v) is 9.23. The Morgan fingerprint density at radius 1 is 0.459 bits per heavy atom. The van der Waals surface area contributed by atoms with E-state index in [0.717, 1.165) is 66.4 Å². The summed E-state index contributed by atoms with van der Waals surface area (Å²) in [7, 11) is -1.39. The van der Waals surface area contributed by atoms with Gasteiger partial charge < -0.3 is 0 Å². The molecule has 0 nitrogen and oxygen atoms in total. The van der Waals surface area contributed by atoms with E-state index in [4.69, 9.17) is 0 Å². The zero-order chi connectivity index (χ0) is 26.2. The normalized spacial score (nSPS) is 14.0. The van der Waals surface area contributed by atoms with Crippen LogP contribution in [-0.4, -0.2) is 0 Å². The Bertz CT molecular complexity index is 1310. The minimum Gasteiger partial charge on any atom is -0.166 e. The maximum Gasteiger partial charge on any atom is 0.416 e. The molecule has 8 rings (SSSR count). The van der Waals surface area contributed by atoms with Crippen molar-refractivity contribution in [2.24, 2.45) is 0 Å². The molecule has 0 spiro atoms. The third-order valence-electron chi connectivity index (χ3n) is 6.70. The predicted octanol–water partition coefficient (Wildman–Crippen LogP) is 7.37. The molecular weight excluding hydrogens is 505 g/mol. The van der Waals surface area contributed by atoms with E-state index in [1.807, 2.05) is 0 Å². The molecule has 4 aromatic rings. The van der Waals surface area contributed by atoms with Crippen LogP contribution in [0.15, 0.2) is 91.0 Å². The summed E-state index contributed by atoms with van der Waals surface area (Å²) in [5, 5.41) is 2.30. The first-order chi connectivity index (χ1) is 17.6. The summed E-state index contributed by atoms with van der Waals surface area (Å²) in [6.45, 7) is 0. The zero-order valence-corrected chi connectivity index (χ0v) is 20.6. The van der Waals surface area contributed by atoms with Crippen molar-refractivity contribution in [3.63, 3.8) is 0 Å². The van der Waals surface area contributed by atoms with Crippen LogP contribution in [0, 0.1) is 0 Å². The molecule has 0 radical (unpaired) electrons. The maximum atomic E-state index is 13.3. The molecule has 0 aliphatic heterocycles. The molecule has 0 amide bonds. The second kappa shape index (κ2) is 9.98.